The molecule has 3 nitrogen and oxygen atoms in total. The summed E-state index contributed by atoms with van der Waals surface area (Å²) in [6.45, 7) is 8.14. The van der Waals surface area contributed by atoms with Crippen molar-refractivity contribution in [3.8, 4) is 0 Å². The second-order valence-electron chi connectivity index (χ2n) is 8.08. The Morgan fingerprint density at radius 3 is 2.22 bits per heavy atom. The highest BCUT2D eigenvalue weighted by atomic mass is 16.5. The first-order valence-corrected chi connectivity index (χ1v) is 10.2. The van der Waals surface area contributed by atoms with Crippen molar-refractivity contribution in [1.29, 1.82) is 0 Å². The van der Waals surface area contributed by atoms with Crippen LogP contribution in [0.1, 0.15) is 30.0 Å². The number of hydrogen-bond acceptors (Lipinski definition) is 3. The molecule has 3 rings (SSSR count). The number of hydrogen-bond donors (Lipinski definition) is 0. The van der Waals surface area contributed by atoms with Gasteiger partial charge in [-0.3, -0.25) is 0 Å². The Morgan fingerprint density at radius 1 is 0.963 bits per heavy atom. The van der Waals surface area contributed by atoms with Crippen molar-refractivity contribution >= 4 is 5.69 Å². The summed E-state index contributed by atoms with van der Waals surface area (Å²) >= 11 is 0. The number of rotatable bonds is 7. The van der Waals surface area contributed by atoms with E-state index in [1.807, 2.05) is 0 Å². The van der Waals surface area contributed by atoms with Gasteiger partial charge in [-0.1, -0.05) is 48.9 Å². The Balaban J connectivity index is 1.77. The summed E-state index contributed by atoms with van der Waals surface area (Å²) in [5.74, 6) is 0. The van der Waals surface area contributed by atoms with E-state index < -0.39 is 0 Å². The van der Waals surface area contributed by atoms with Crippen LogP contribution in [0.15, 0.2) is 48.5 Å². The van der Waals surface area contributed by atoms with Gasteiger partial charge in [0.25, 0.3) is 0 Å². The Labute approximate surface area is 164 Å². The van der Waals surface area contributed by atoms with Gasteiger partial charge in [-0.15, -0.1) is 0 Å². The molecule has 0 aromatic heterocycles. The Hall–Kier alpha value is -1.84. The normalized spacial score (nSPS) is 17.1. The van der Waals surface area contributed by atoms with Crippen LogP contribution >= 0.6 is 0 Å². The molecule has 1 aliphatic heterocycles. The number of nitrogens with zero attached hydrogens (tertiary/aromatic N) is 2. The predicted molar refractivity (Wildman–Crippen MR) is 115 cm³/mol. The summed E-state index contributed by atoms with van der Waals surface area (Å²) in [7, 11) is 4.45. The molecule has 1 aliphatic rings. The largest absolute Gasteiger partial charge is 0.378 e. The van der Waals surface area contributed by atoms with E-state index in [2.05, 4.69) is 86.3 Å². The number of aryl methyl sites for hydroxylation is 1. The van der Waals surface area contributed by atoms with Crippen molar-refractivity contribution in [3.63, 3.8) is 0 Å². The number of morpholine rings is 1. The van der Waals surface area contributed by atoms with Crippen LogP contribution in [0.5, 0.6) is 0 Å². The van der Waals surface area contributed by atoms with E-state index in [9.17, 15) is 0 Å². The summed E-state index contributed by atoms with van der Waals surface area (Å²) in [4.78, 5) is 4.84. The highest BCUT2D eigenvalue weighted by molar-refractivity contribution is 5.48. The molecular formula is C24H34N2O. The van der Waals surface area contributed by atoms with Crippen LogP contribution in [0.2, 0.25) is 0 Å². The molecule has 0 aliphatic carbocycles. The molecule has 1 unspecified atom stereocenters. The van der Waals surface area contributed by atoms with Crippen LogP contribution in [0.4, 0.5) is 5.69 Å². The first kappa shape index (κ1) is 19.9. The third kappa shape index (κ3) is 4.91. The second-order valence-corrected chi connectivity index (χ2v) is 8.08. The lowest BCUT2D eigenvalue weighted by atomic mass is 9.81. The van der Waals surface area contributed by atoms with Crippen molar-refractivity contribution in [2.24, 2.45) is 0 Å². The third-order valence-corrected chi connectivity index (χ3v) is 6.07. The van der Waals surface area contributed by atoms with Gasteiger partial charge in [0.05, 0.1) is 13.2 Å². The van der Waals surface area contributed by atoms with E-state index >= 15 is 0 Å². The molecule has 0 saturated carbocycles. The van der Waals surface area contributed by atoms with Gasteiger partial charge >= 0.3 is 0 Å². The van der Waals surface area contributed by atoms with Gasteiger partial charge in [-0.25, -0.2) is 0 Å². The molecule has 0 bridgehead atoms. The number of likely N-dealkylation sites (N-methyl/N-ethyl adjacent to an activating group) is 1. The topological polar surface area (TPSA) is 15.7 Å². The predicted octanol–water partition coefficient (Wildman–Crippen LogP) is 4.33. The van der Waals surface area contributed by atoms with E-state index in [0.29, 0.717) is 0 Å². The number of ether oxygens (including phenoxy) is 1. The fourth-order valence-electron chi connectivity index (χ4n) is 4.17. The summed E-state index contributed by atoms with van der Waals surface area (Å²) < 4.78 is 5.47. The average molecular weight is 367 g/mol. The third-order valence-electron chi connectivity index (χ3n) is 6.07. The molecule has 27 heavy (non-hydrogen) atoms. The minimum absolute atomic E-state index is 0.133. The lowest BCUT2D eigenvalue weighted by Crippen LogP contribution is -2.47. The number of anilines is 1. The monoisotopic (exact) mass is 366 g/mol. The molecule has 2 aromatic rings. The standard InChI is InChI=1S/C24H34N2O/c1-5-24(25(3)4,19-22-8-6-7-20(2)17-22)18-21-9-11-23(12-10-21)26-13-15-27-16-14-26/h6-12,17H,5,13-16,18-19H2,1-4H3. The van der Waals surface area contributed by atoms with Gasteiger partial charge in [0.15, 0.2) is 0 Å². The van der Waals surface area contributed by atoms with E-state index in [0.717, 1.165) is 45.6 Å². The first-order chi connectivity index (χ1) is 13.0. The van der Waals surface area contributed by atoms with E-state index in [1.165, 1.54) is 22.4 Å². The van der Waals surface area contributed by atoms with Gasteiger partial charge < -0.3 is 14.5 Å². The zero-order chi connectivity index (χ0) is 19.3. The molecule has 0 amide bonds. The van der Waals surface area contributed by atoms with E-state index in [1.54, 1.807) is 0 Å². The maximum Gasteiger partial charge on any atom is 0.0642 e. The molecule has 1 saturated heterocycles. The van der Waals surface area contributed by atoms with Gasteiger partial charge in [0.2, 0.25) is 0 Å². The molecule has 2 aromatic carbocycles. The Kier molecular flexibility index (Phi) is 6.56. The molecule has 0 radical (unpaired) electrons. The molecule has 1 fully saturated rings. The summed E-state index contributed by atoms with van der Waals surface area (Å²) in [6.07, 6.45) is 3.26. The van der Waals surface area contributed by atoms with E-state index in [4.69, 9.17) is 4.74 Å². The Morgan fingerprint density at radius 2 is 1.63 bits per heavy atom. The van der Waals surface area contributed by atoms with Gasteiger partial charge in [0.1, 0.15) is 0 Å². The van der Waals surface area contributed by atoms with Crippen LogP contribution in [-0.4, -0.2) is 50.8 Å². The maximum atomic E-state index is 5.47. The number of benzene rings is 2. The fourth-order valence-corrected chi connectivity index (χ4v) is 4.17. The van der Waals surface area contributed by atoms with Crippen LogP contribution in [-0.2, 0) is 17.6 Å². The molecule has 3 heteroatoms. The highest BCUT2D eigenvalue weighted by Gasteiger charge is 2.31. The smallest absolute Gasteiger partial charge is 0.0642 e. The lowest BCUT2D eigenvalue weighted by molar-refractivity contribution is 0.122. The minimum atomic E-state index is 0.133. The molecule has 1 atom stereocenters. The highest BCUT2D eigenvalue weighted by Crippen LogP contribution is 2.29. The van der Waals surface area contributed by atoms with Crippen molar-refractivity contribution in [3.05, 3.63) is 65.2 Å². The Bertz CT molecular complexity index is 719. The summed E-state index contributed by atoms with van der Waals surface area (Å²) in [6, 6.07) is 18.1. The molecule has 1 heterocycles. The van der Waals surface area contributed by atoms with Crippen molar-refractivity contribution in [1.82, 2.24) is 4.90 Å². The summed E-state index contributed by atoms with van der Waals surface area (Å²) in [5, 5.41) is 0. The lowest BCUT2D eigenvalue weighted by Gasteiger charge is -2.40. The fraction of sp³-hybridized carbons (Fsp3) is 0.500. The SMILES string of the molecule is CCC(Cc1ccc(N2CCOCC2)cc1)(Cc1cccc(C)c1)N(C)C. The molecule has 0 N–H and O–H groups in total. The van der Waals surface area contributed by atoms with Gasteiger partial charge in [0, 0.05) is 24.3 Å². The minimum Gasteiger partial charge on any atom is -0.378 e. The zero-order valence-corrected chi connectivity index (χ0v) is 17.4. The van der Waals surface area contributed by atoms with Crippen molar-refractivity contribution in [2.45, 2.75) is 38.6 Å². The molecule has 146 valence electrons. The van der Waals surface area contributed by atoms with Gasteiger partial charge in [-0.2, -0.15) is 0 Å². The zero-order valence-electron chi connectivity index (χ0n) is 17.4. The van der Waals surface area contributed by atoms with Gasteiger partial charge in [-0.05, 0) is 63.5 Å². The summed E-state index contributed by atoms with van der Waals surface area (Å²) in [5.41, 5.74) is 5.62. The van der Waals surface area contributed by atoms with Crippen LogP contribution in [0.25, 0.3) is 0 Å². The quantitative estimate of drug-likeness (QED) is 0.725. The van der Waals surface area contributed by atoms with Crippen LogP contribution in [0, 0.1) is 6.92 Å². The average Bonchev–Trinajstić information content (AvgIpc) is 2.68. The molecular weight excluding hydrogens is 332 g/mol. The first-order valence-electron chi connectivity index (χ1n) is 10.2. The van der Waals surface area contributed by atoms with Crippen molar-refractivity contribution in [2.75, 3.05) is 45.3 Å². The van der Waals surface area contributed by atoms with Crippen LogP contribution in [0.3, 0.4) is 0 Å². The maximum absolute atomic E-state index is 5.47. The van der Waals surface area contributed by atoms with E-state index in [-0.39, 0.29) is 5.54 Å². The molecule has 0 spiro atoms. The van der Waals surface area contributed by atoms with Crippen LogP contribution < -0.4 is 4.90 Å². The van der Waals surface area contributed by atoms with Crippen molar-refractivity contribution < 1.29 is 4.74 Å². The second kappa shape index (κ2) is 8.90.